The van der Waals surface area contributed by atoms with E-state index in [0.29, 0.717) is 5.92 Å². The van der Waals surface area contributed by atoms with Gasteiger partial charge in [0.15, 0.2) is 0 Å². The molecule has 0 unspecified atom stereocenters. The average Bonchev–Trinajstić information content (AvgIpc) is 3.41. The van der Waals surface area contributed by atoms with E-state index in [-0.39, 0.29) is 5.41 Å². The molecule has 0 saturated heterocycles. The smallest absolute Gasteiger partial charge is 0.144 e. The lowest BCUT2D eigenvalue weighted by Crippen LogP contribution is -2.26. The predicted octanol–water partition coefficient (Wildman–Crippen LogP) is 4.43. The summed E-state index contributed by atoms with van der Waals surface area (Å²) in [4.78, 5) is 4.58. The maximum atomic E-state index is 4.62. The summed E-state index contributed by atoms with van der Waals surface area (Å²) in [5.41, 5.74) is 3.42. The summed E-state index contributed by atoms with van der Waals surface area (Å²) < 4.78 is 2.35. The molecule has 1 aliphatic carbocycles. The second-order valence-corrected chi connectivity index (χ2v) is 7.88. The van der Waals surface area contributed by atoms with Gasteiger partial charge in [-0.3, -0.25) is 4.98 Å². The van der Waals surface area contributed by atoms with Gasteiger partial charge in [0.1, 0.15) is 11.6 Å². The molecule has 1 aromatic carbocycles. The van der Waals surface area contributed by atoms with Crippen molar-refractivity contribution in [1.29, 1.82) is 0 Å². The normalized spacial score (nSPS) is 14.6. The van der Waals surface area contributed by atoms with E-state index in [2.05, 4.69) is 70.9 Å². The molecular weight excluding hydrogens is 320 g/mol. The highest BCUT2D eigenvalue weighted by Gasteiger charge is 2.36. The number of benzene rings is 1. The lowest BCUT2D eigenvalue weighted by Gasteiger charge is -2.24. The summed E-state index contributed by atoms with van der Waals surface area (Å²) >= 11 is 0. The third kappa shape index (κ3) is 3.28. The molecule has 0 aliphatic heterocycles. The third-order valence-electron chi connectivity index (χ3n) is 5.33. The predicted molar refractivity (Wildman–Crippen MR) is 103 cm³/mol. The monoisotopic (exact) mass is 346 g/mol. The van der Waals surface area contributed by atoms with Crippen LogP contribution in [0.2, 0.25) is 0 Å². The van der Waals surface area contributed by atoms with E-state index in [9.17, 15) is 0 Å². The second-order valence-electron chi connectivity index (χ2n) is 7.88. The first kappa shape index (κ1) is 17.0. The second kappa shape index (κ2) is 6.67. The number of rotatable bonds is 6. The van der Waals surface area contributed by atoms with Crippen LogP contribution >= 0.6 is 0 Å². The lowest BCUT2D eigenvalue weighted by molar-refractivity contribution is 0.509. The molecule has 134 valence electrons. The molecule has 4 rings (SSSR count). The van der Waals surface area contributed by atoms with Crippen molar-refractivity contribution in [2.24, 2.45) is 0 Å². The van der Waals surface area contributed by atoms with Gasteiger partial charge in [-0.25, -0.2) is 0 Å². The maximum Gasteiger partial charge on any atom is 0.144 e. The molecule has 1 saturated carbocycles. The number of pyridine rings is 1. The van der Waals surface area contributed by atoms with Crippen molar-refractivity contribution < 1.29 is 0 Å². The van der Waals surface area contributed by atoms with Gasteiger partial charge in [-0.05, 0) is 57.7 Å². The maximum absolute atomic E-state index is 4.62. The van der Waals surface area contributed by atoms with Crippen molar-refractivity contribution in [3.63, 3.8) is 0 Å². The Morgan fingerprint density at radius 3 is 2.46 bits per heavy atom. The van der Waals surface area contributed by atoms with E-state index in [1.165, 1.54) is 24.0 Å². The van der Waals surface area contributed by atoms with E-state index in [1.807, 2.05) is 18.3 Å². The Kier molecular flexibility index (Phi) is 4.35. The van der Waals surface area contributed by atoms with Crippen LogP contribution < -0.4 is 0 Å². The first-order chi connectivity index (χ1) is 12.6. The average molecular weight is 346 g/mol. The first-order valence-electron chi connectivity index (χ1n) is 9.46. The molecule has 2 heterocycles. The first-order valence-corrected chi connectivity index (χ1v) is 9.46. The Labute approximate surface area is 155 Å². The SMILES string of the molecule is Cc1ccc(CCn2c(C3CC3)nnc2C(C)(C)c2ccccn2)cc1. The van der Waals surface area contributed by atoms with Gasteiger partial charge in [-0.2, -0.15) is 0 Å². The van der Waals surface area contributed by atoms with Crippen LogP contribution in [0, 0.1) is 6.92 Å². The Balaban J connectivity index is 1.66. The summed E-state index contributed by atoms with van der Waals surface area (Å²) in [6.07, 6.45) is 5.30. The van der Waals surface area contributed by atoms with Gasteiger partial charge in [0.05, 0.1) is 11.1 Å². The molecule has 2 aromatic heterocycles. The van der Waals surface area contributed by atoms with Gasteiger partial charge in [-0.15, -0.1) is 10.2 Å². The van der Waals surface area contributed by atoms with Crippen LogP contribution in [0.4, 0.5) is 0 Å². The molecule has 26 heavy (non-hydrogen) atoms. The van der Waals surface area contributed by atoms with Crippen molar-refractivity contribution in [1.82, 2.24) is 19.7 Å². The Bertz CT molecular complexity index is 874. The fourth-order valence-corrected chi connectivity index (χ4v) is 3.48. The van der Waals surface area contributed by atoms with Crippen molar-refractivity contribution in [3.05, 3.63) is 77.1 Å². The quantitative estimate of drug-likeness (QED) is 0.663. The summed E-state index contributed by atoms with van der Waals surface area (Å²) in [6, 6.07) is 14.9. The Morgan fingerprint density at radius 2 is 1.81 bits per heavy atom. The molecule has 1 fully saturated rings. The minimum Gasteiger partial charge on any atom is -0.314 e. The molecule has 0 amide bonds. The number of hydrogen-bond donors (Lipinski definition) is 0. The van der Waals surface area contributed by atoms with Crippen LogP contribution in [0.25, 0.3) is 0 Å². The number of aryl methyl sites for hydroxylation is 2. The number of aromatic nitrogens is 4. The van der Waals surface area contributed by atoms with Gasteiger partial charge in [0.2, 0.25) is 0 Å². The van der Waals surface area contributed by atoms with Crippen LogP contribution in [-0.2, 0) is 18.4 Å². The van der Waals surface area contributed by atoms with Gasteiger partial charge in [0.25, 0.3) is 0 Å². The Hall–Kier alpha value is -2.49. The highest BCUT2D eigenvalue weighted by molar-refractivity contribution is 5.27. The summed E-state index contributed by atoms with van der Waals surface area (Å²) in [5.74, 6) is 2.75. The van der Waals surface area contributed by atoms with Crippen LogP contribution in [0.1, 0.15) is 61.1 Å². The zero-order valence-corrected chi connectivity index (χ0v) is 15.8. The molecule has 3 aromatic rings. The zero-order chi connectivity index (χ0) is 18.1. The van der Waals surface area contributed by atoms with Crippen LogP contribution in [0.3, 0.4) is 0 Å². The molecule has 0 bridgehead atoms. The van der Waals surface area contributed by atoms with Gasteiger partial charge >= 0.3 is 0 Å². The van der Waals surface area contributed by atoms with Crippen molar-refractivity contribution in [2.45, 2.75) is 57.9 Å². The van der Waals surface area contributed by atoms with Crippen molar-refractivity contribution in [2.75, 3.05) is 0 Å². The molecule has 4 heteroatoms. The van der Waals surface area contributed by atoms with E-state index in [1.54, 1.807) is 0 Å². The molecule has 1 aliphatic rings. The summed E-state index contributed by atoms with van der Waals surface area (Å²) in [7, 11) is 0. The largest absolute Gasteiger partial charge is 0.314 e. The lowest BCUT2D eigenvalue weighted by atomic mass is 9.87. The molecule has 4 nitrogen and oxygen atoms in total. The minimum absolute atomic E-state index is 0.269. The topological polar surface area (TPSA) is 43.6 Å². The molecule has 0 radical (unpaired) electrons. The zero-order valence-electron chi connectivity index (χ0n) is 15.8. The van der Waals surface area contributed by atoms with E-state index >= 15 is 0 Å². The van der Waals surface area contributed by atoms with Crippen molar-refractivity contribution in [3.8, 4) is 0 Å². The number of nitrogens with zero attached hydrogens (tertiary/aromatic N) is 4. The highest BCUT2D eigenvalue weighted by Crippen LogP contribution is 2.41. The van der Waals surface area contributed by atoms with Crippen molar-refractivity contribution >= 4 is 0 Å². The van der Waals surface area contributed by atoms with E-state index in [0.717, 1.165) is 30.3 Å². The van der Waals surface area contributed by atoms with E-state index < -0.39 is 0 Å². The fraction of sp³-hybridized carbons (Fsp3) is 0.409. The standard InChI is InChI=1S/C22H26N4/c1-16-7-9-17(10-8-16)13-15-26-20(18-11-12-18)24-25-21(26)22(2,3)19-6-4-5-14-23-19/h4-10,14,18H,11-13,15H2,1-3H3. The summed E-state index contributed by atoms with van der Waals surface area (Å²) in [5, 5.41) is 9.21. The van der Waals surface area contributed by atoms with Gasteiger partial charge in [0, 0.05) is 18.7 Å². The summed E-state index contributed by atoms with van der Waals surface area (Å²) in [6.45, 7) is 7.42. The van der Waals surface area contributed by atoms with Gasteiger partial charge in [-0.1, -0.05) is 35.9 Å². The van der Waals surface area contributed by atoms with Crippen LogP contribution in [0.15, 0.2) is 48.7 Å². The highest BCUT2D eigenvalue weighted by atomic mass is 15.3. The van der Waals surface area contributed by atoms with E-state index in [4.69, 9.17) is 0 Å². The molecule has 0 atom stereocenters. The molecular formula is C22H26N4. The fourth-order valence-electron chi connectivity index (χ4n) is 3.48. The minimum atomic E-state index is -0.269. The molecule has 0 spiro atoms. The van der Waals surface area contributed by atoms with Crippen LogP contribution in [0.5, 0.6) is 0 Å². The molecule has 0 N–H and O–H groups in total. The van der Waals surface area contributed by atoms with Crippen LogP contribution in [-0.4, -0.2) is 19.7 Å². The third-order valence-corrected chi connectivity index (χ3v) is 5.33. The number of hydrogen-bond acceptors (Lipinski definition) is 3. The van der Waals surface area contributed by atoms with Gasteiger partial charge < -0.3 is 4.57 Å². The Morgan fingerprint density at radius 1 is 1.04 bits per heavy atom.